The molecule has 3 aromatic rings. The van der Waals surface area contributed by atoms with Crippen LogP contribution in [0.25, 0.3) is 0 Å². The lowest BCUT2D eigenvalue weighted by Gasteiger charge is -2.14. The van der Waals surface area contributed by atoms with E-state index in [-0.39, 0.29) is 0 Å². The topological polar surface area (TPSA) is 52.6 Å². The van der Waals surface area contributed by atoms with Crippen LogP contribution in [0.4, 0.5) is 0 Å². The van der Waals surface area contributed by atoms with Gasteiger partial charge in [-0.2, -0.15) is 0 Å². The summed E-state index contributed by atoms with van der Waals surface area (Å²) in [5.41, 5.74) is 3.51. The largest absolute Gasteiger partial charge is 0.490 e. The number of nitrogens with zero attached hydrogens (tertiary/aromatic N) is 1. The summed E-state index contributed by atoms with van der Waals surface area (Å²) in [5, 5.41) is 3.37. The van der Waals surface area contributed by atoms with Crippen molar-refractivity contribution in [3.05, 3.63) is 83.6 Å². The number of benzene rings is 2. The normalized spacial score (nSPS) is 10.6. The van der Waals surface area contributed by atoms with E-state index in [0.717, 1.165) is 35.7 Å². The van der Waals surface area contributed by atoms with E-state index in [2.05, 4.69) is 47.6 Å². The van der Waals surface area contributed by atoms with Crippen LogP contribution in [0.15, 0.2) is 66.9 Å². The lowest BCUT2D eigenvalue weighted by Crippen LogP contribution is -2.20. The number of aryl methyl sites for hydroxylation is 1. The van der Waals surface area contributed by atoms with Gasteiger partial charge in [-0.15, -0.1) is 0 Å². The van der Waals surface area contributed by atoms with Crippen molar-refractivity contribution < 1.29 is 14.2 Å². The van der Waals surface area contributed by atoms with E-state index in [1.807, 2.05) is 37.3 Å². The van der Waals surface area contributed by atoms with Crippen LogP contribution >= 0.6 is 0 Å². The Balaban J connectivity index is 1.49. The molecule has 0 saturated heterocycles. The number of ether oxygens (including phenoxy) is 3. The van der Waals surface area contributed by atoms with Crippen molar-refractivity contribution in [2.45, 2.75) is 27.0 Å². The van der Waals surface area contributed by atoms with Crippen molar-refractivity contribution in [1.82, 2.24) is 10.3 Å². The Bertz CT molecular complexity index is 867. The van der Waals surface area contributed by atoms with Gasteiger partial charge in [-0.25, -0.2) is 4.98 Å². The molecule has 5 heteroatoms. The number of hydrogen-bond donors (Lipinski definition) is 1. The second-order valence-electron chi connectivity index (χ2n) is 6.68. The van der Waals surface area contributed by atoms with Crippen molar-refractivity contribution in [3.63, 3.8) is 0 Å². The molecule has 2 aromatic carbocycles. The predicted octanol–water partition coefficient (Wildman–Crippen LogP) is 4.54. The Hall–Kier alpha value is -3.05. The molecule has 0 atom stereocenters. The van der Waals surface area contributed by atoms with Gasteiger partial charge in [-0.05, 0) is 43.2 Å². The standard InChI is InChI=1S/C24H28N2O3/c1-3-27-23-16-21(17-25-14-15-28-24-6-4-5-13-26-24)11-12-22(23)29-18-20-9-7-19(2)8-10-20/h4-13,16,25H,3,14-15,17-18H2,1-2H3. The molecule has 0 aliphatic rings. The first-order valence-electron chi connectivity index (χ1n) is 9.93. The van der Waals surface area contributed by atoms with Crippen molar-refractivity contribution in [1.29, 1.82) is 0 Å². The van der Waals surface area contributed by atoms with Gasteiger partial charge in [-0.1, -0.05) is 42.0 Å². The minimum atomic E-state index is 0.517. The van der Waals surface area contributed by atoms with Gasteiger partial charge in [0.1, 0.15) is 13.2 Å². The molecular formula is C24H28N2O3. The summed E-state index contributed by atoms with van der Waals surface area (Å²) in [6, 6.07) is 20.0. The first-order chi connectivity index (χ1) is 14.2. The monoisotopic (exact) mass is 392 g/mol. The van der Waals surface area contributed by atoms with E-state index >= 15 is 0 Å². The number of nitrogens with one attached hydrogen (secondary N) is 1. The zero-order chi connectivity index (χ0) is 20.3. The van der Waals surface area contributed by atoms with Crippen LogP contribution in [0, 0.1) is 6.92 Å². The van der Waals surface area contributed by atoms with Gasteiger partial charge in [0.05, 0.1) is 6.61 Å². The maximum absolute atomic E-state index is 5.99. The van der Waals surface area contributed by atoms with Crippen LogP contribution in [0.3, 0.4) is 0 Å². The van der Waals surface area contributed by atoms with Gasteiger partial charge in [0.2, 0.25) is 5.88 Å². The van der Waals surface area contributed by atoms with Crippen LogP contribution in [0.5, 0.6) is 17.4 Å². The number of pyridine rings is 1. The van der Waals surface area contributed by atoms with E-state index in [1.54, 1.807) is 6.20 Å². The molecule has 0 amide bonds. The lowest BCUT2D eigenvalue weighted by molar-refractivity contribution is 0.269. The summed E-state index contributed by atoms with van der Waals surface area (Å²) in [5.74, 6) is 2.17. The summed E-state index contributed by atoms with van der Waals surface area (Å²) in [7, 11) is 0. The van der Waals surface area contributed by atoms with Crippen LogP contribution in [-0.2, 0) is 13.2 Å². The molecule has 1 heterocycles. The summed E-state index contributed by atoms with van der Waals surface area (Å²) >= 11 is 0. The minimum Gasteiger partial charge on any atom is -0.490 e. The first-order valence-corrected chi connectivity index (χ1v) is 9.93. The van der Waals surface area contributed by atoms with Gasteiger partial charge in [0.25, 0.3) is 0 Å². The fourth-order valence-corrected chi connectivity index (χ4v) is 2.79. The molecule has 1 aromatic heterocycles. The Morgan fingerprint density at radius 1 is 0.862 bits per heavy atom. The van der Waals surface area contributed by atoms with Crippen LogP contribution in [-0.4, -0.2) is 24.7 Å². The molecule has 0 aliphatic heterocycles. The zero-order valence-corrected chi connectivity index (χ0v) is 17.1. The highest BCUT2D eigenvalue weighted by molar-refractivity contribution is 5.43. The molecule has 0 fully saturated rings. The molecule has 0 bridgehead atoms. The zero-order valence-electron chi connectivity index (χ0n) is 17.1. The molecule has 3 rings (SSSR count). The molecule has 5 nitrogen and oxygen atoms in total. The minimum absolute atomic E-state index is 0.517. The third kappa shape index (κ3) is 6.80. The fraction of sp³-hybridized carbons (Fsp3) is 0.292. The third-order valence-electron chi connectivity index (χ3n) is 4.32. The highest BCUT2D eigenvalue weighted by atomic mass is 16.5. The quantitative estimate of drug-likeness (QED) is 0.486. The smallest absolute Gasteiger partial charge is 0.213 e. The predicted molar refractivity (Wildman–Crippen MR) is 115 cm³/mol. The van der Waals surface area contributed by atoms with E-state index in [4.69, 9.17) is 14.2 Å². The van der Waals surface area contributed by atoms with E-state index in [9.17, 15) is 0 Å². The maximum atomic E-state index is 5.99. The Morgan fingerprint density at radius 3 is 2.45 bits per heavy atom. The SMILES string of the molecule is CCOc1cc(CNCCOc2ccccn2)ccc1OCc1ccc(C)cc1. The summed E-state index contributed by atoms with van der Waals surface area (Å²) in [4.78, 5) is 4.14. The van der Waals surface area contributed by atoms with Gasteiger partial charge >= 0.3 is 0 Å². The number of hydrogen-bond acceptors (Lipinski definition) is 5. The third-order valence-corrected chi connectivity index (χ3v) is 4.32. The molecule has 0 unspecified atom stereocenters. The van der Waals surface area contributed by atoms with Crippen molar-refractivity contribution in [2.24, 2.45) is 0 Å². The number of aromatic nitrogens is 1. The second-order valence-corrected chi connectivity index (χ2v) is 6.68. The molecule has 0 spiro atoms. The van der Waals surface area contributed by atoms with E-state index < -0.39 is 0 Å². The molecule has 0 saturated carbocycles. The first kappa shape index (κ1) is 20.7. The van der Waals surface area contributed by atoms with Crippen LogP contribution < -0.4 is 19.5 Å². The summed E-state index contributed by atoms with van der Waals surface area (Å²) in [6.45, 7) is 7.18. The average Bonchev–Trinajstić information content (AvgIpc) is 2.75. The van der Waals surface area contributed by atoms with Crippen molar-refractivity contribution >= 4 is 0 Å². The van der Waals surface area contributed by atoms with Gasteiger partial charge < -0.3 is 19.5 Å². The van der Waals surface area contributed by atoms with E-state index in [1.165, 1.54) is 5.56 Å². The number of rotatable bonds is 11. The Kier molecular flexibility index (Phi) is 7.90. The summed E-state index contributed by atoms with van der Waals surface area (Å²) in [6.07, 6.45) is 1.72. The maximum Gasteiger partial charge on any atom is 0.213 e. The highest BCUT2D eigenvalue weighted by Crippen LogP contribution is 2.29. The summed E-state index contributed by atoms with van der Waals surface area (Å²) < 4.78 is 17.4. The molecule has 152 valence electrons. The molecule has 0 aliphatic carbocycles. The van der Waals surface area contributed by atoms with Gasteiger partial charge in [0.15, 0.2) is 11.5 Å². The molecular weight excluding hydrogens is 364 g/mol. The Morgan fingerprint density at radius 2 is 1.69 bits per heavy atom. The Labute approximate surface area is 172 Å². The average molecular weight is 392 g/mol. The van der Waals surface area contributed by atoms with Crippen molar-refractivity contribution in [3.8, 4) is 17.4 Å². The molecule has 1 N–H and O–H groups in total. The van der Waals surface area contributed by atoms with E-state index in [0.29, 0.717) is 25.7 Å². The lowest BCUT2D eigenvalue weighted by atomic mass is 10.1. The molecule has 29 heavy (non-hydrogen) atoms. The van der Waals surface area contributed by atoms with Crippen LogP contribution in [0.1, 0.15) is 23.6 Å². The van der Waals surface area contributed by atoms with Gasteiger partial charge in [0, 0.05) is 25.4 Å². The van der Waals surface area contributed by atoms with Crippen LogP contribution in [0.2, 0.25) is 0 Å². The second kappa shape index (κ2) is 11.1. The van der Waals surface area contributed by atoms with Gasteiger partial charge in [-0.3, -0.25) is 0 Å². The fourth-order valence-electron chi connectivity index (χ4n) is 2.79. The molecule has 0 radical (unpaired) electrons. The highest BCUT2D eigenvalue weighted by Gasteiger charge is 2.07. The van der Waals surface area contributed by atoms with Crippen molar-refractivity contribution in [2.75, 3.05) is 19.8 Å².